The third kappa shape index (κ3) is 2.86. The molecule has 2 heterocycles. The second-order valence-electron chi connectivity index (χ2n) is 4.63. The highest BCUT2D eigenvalue weighted by Gasteiger charge is 2.14. The number of nitrogens with zero attached hydrogens (tertiary/aromatic N) is 2. The largest absolute Gasteiger partial charge is 0.457 e. The Bertz CT molecular complexity index is 727. The van der Waals surface area contributed by atoms with Crippen LogP contribution in [0.2, 0.25) is 0 Å². The fourth-order valence-corrected chi connectivity index (χ4v) is 1.96. The monoisotopic (exact) mass is 282 g/mol. The van der Waals surface area contributed by atoms with Crippen LogP contribution in [0.5, 0.6) is 0 Å². The minimum atomic E-state index is -0.450. The van der Waals surface area contributed by atoms with Gasteiger partial charge in [-0.25, -0.2) is 9.48 Å². The van der Waals surface area contributed by atoms with Crippen molar-refractivity contribution in [2.45, 2.75) is 13.5 Å². The number of benzene rings is 1. The fraction of sp³-hybridized carbons (Fsp3) is 0.125. The molecule has 106 valence electrons. The molecular formula is C16H14N2O3. The van der Waals surface area contributed by atoms with Crippen LogP contribution in [0.1, 0.15) is 21.7 Å². The van der Waals surface area contributed by atoms with Crippen molar-refractivity contribution in [2.24, 2.45) is 0 Å². The topological polar surface area (TPSA) is 57.3 Å². The number of hydrogen-bond acceptors (Lipinski definition) is 4. The molecule has 0 radical (unpaired) electrons. The quantitative estimate of drug-likeness (QED) is 0.690. The van der Waals surface area contributed by atoms with Crippen LogP contribution in [0.25, 0.3) is 5.69 Å². The minimum Gasteiger partial charge on any atom is -0.457 e. The van der Waals surface area contributed by atoms with Gasteiger partial charge >= 0.3 is 5.97 Å². The third-order valence-electron chi connectivity index (χ3n) is 3.12. The number of furan rings is 1. The molecular weight excluding hydrogens is 268 g/mol. The van der Waals surface area contributed by atoms with E-state index in [1.165, 1.54) is 6.26 Å². The lowest BCUT2D eigenvalue weighted by Crippen LogP contribution is -2.05. The Labute approximate surface area is 121 Å². The first-order chi connectivity index (χ1) is 10.2. The number of carbonyl (C=O) groups excluding carboxylic acids is 1. The number of rotatable bonds is 4. The molecule has 0 N–H and O–H groups in total. The maximum absolute atomic E-state index is 11.8. The Kier molecular flexibility index (Phi) is 3.55. The van der Waals surface area contributed by atoms with Gasteiger partial charge in [0.25, 0.3) is 0 Å². The standard InChI is InChI=1S/C16H14N2O3/c1-12-7-10-20-15(12)16(19)21-11-13-3-5-14(6-4-13)18-9-2-8-17-18/h2-10H,11H2,1H3. The van der Waals surface area contributed by atoms with Gasteiger partial charge in [0.05, 0.1) is 12.0 Å². The summed E-state index contributed by atoms with van der Waals surface area (Å²) in [5, 5.41) is 4.15. The minimum absolute atomic E-state index is 0.207. The summed E-state index contributed by atoms with van der Waals surface area (Å²) in [6, 6.07) is 11.2. The van der Waals surface area contributed by atoms with Gasteiger partial charge in [-0.1, -0.05) is 12.1 Å². The van der Waals surface area contributed by atoms with Crippen LogP contribution in [0, 0.1) is 6.92 Å². The van der Waals surface area contributed by atoms with Crippen molar-refractivity contribution in [3.05, 3.63) is 71.9 Å². The van der Waals surface area contributed by atoms with Gasteiger partial charge in [-0.15, -0.1) is 0 Å². The predicted molar refractivity (Wildman–Crippen MR) is 76.1 cm³/mol. The zero-order valence-corrected chi connectivity index (χ0v) is 11.5. The number of esters is 1. The first-order valence-corrected chi connectivity index (χ1v) is 6.54. The van der Waals surface area contributed by atoms with E-state index < -0.39 is 5.97 Å². The van der Waals surface area contributed by atoms with Crippen LogP contribution in [0.4, 0.5) is 0 Å². The maximum atomic E-state index is 11.8. The van der Waals surface area contributed by atoms with Gasteiger partial charge in [0.1, 0.15) is 6.61 Å². The highest BCUT2D eigenvalue weighted by Crippen LogP contribution is 2.13. The van der Waals surface area contributed by atoms with E-state index in [2.05, 4.69) is 5.10 Å². The maximum Gasteiger partial charge on any atom is 0.374 e. The van der Waals surface area contributed by atoms with E-state index >= 15 is 0 Å². The molecule has 21 heavy (non-hydrogen) atoms. The van der Waals surface area contributed by atoms with Crippen molar-refractivity contribution in [1.82, 2.24) is 9.78 Å². The number of aromatic nitrogens is 2. The molecule has 2 aromatic heterocycles. The van der Waals surface area contributed by atoms with Gasteiger partial charge in [0, 0.05) is 18.0 Å². The van der Waals surface area contributed by atoms with Gasteiger partial charge < -0.3 is 9.15 Å². The first kappa shape index (κ1) is 13.2. The molecule has 0 saturated heterocycles. The molecule has 5 heteroatoms. The molecule has 0 spiro atoms. The number of carbonyl (C=O) groups is 1. The van der Waals surface area contributed by atoms with Gasteiger partial charge in [-0.2, -0.15) is 5.10 Å². The average Bonchev–Trinajstić information content (AvgIpc) is 3.16. The van der Waals surface area contributed by atoms with E-state index in [1.807, 2.05) is 36.5 Å². The fourth-order valence-electron chi connectivity index (χ4n) is 1.96. The van der Waals surface area contributed by atoms with E-state index in [-0.39, 0.29) is 12.4 Å². The van der Waals surface area contributed by atoms with Crippen LogP contribution in [-0.2, 0) is 11.3 Å². The molecule has 3 aromatic rings. The van der Waals surface area contributed by atoms with Gasteiger partial charge in [-0.05, 0) is 36.8 Å². The van der Waals surface area contributed by atoms with Gasteiger partial charge in [0.2, 0.25) is 5.76 Å². The van der Waals surface area contributed by atoms with E-state index in [9.17, 15) is 4.79 Å². The molecule has 0 fully saturated rings. The van der Waals surface area contributed by atoms with Crippen molar-refractivity contribution in [2.75, 3.05) is 0 Å². The average molecular weight is 282 g/mol. The molecule has 1 aromatic carbocycles. The number of hydrogen-bond donors (Lipinski definition) is 0. The zero-order valence-electron chi connectivity index (χ0n) is 11.5. The molecule has 0 aliphatic heterocycles. The molecule has 5 nitrogen and oxygen atoms in total. The molecule has 3 rings (SSSR count). The van der Waals surface area contributed by atoms with Crippen LogP contribution < -0.4 is 0 Å². The summed E-state index contributed by atoms with van der Waals surface area (Å²) < 4.78 is 12.1. The van der Waals surface area contributed by atoms with E-state index in [0.717, 1.165) is 16.8 Å². The molecule has 0 aliphatic carbocycles. The Balaban J connectivity index is 1.64. The lowest BCUT2D eigenvalue weighted by Gasteiger charge is -2.05. The summed E-state index contributed by atoms with van der Waals surface area (Å²) >= 11 is 0. The molecule has 0 aliphatic rings. The third-order valence-corrected chi connectivity index (χ3v) is 3.12. The van der Waals surface area contributed by atoms with Crippen molar-refractivity contribution >= 4 is 5.97 Å². The van der Waals surface area contributed by atoms with Crippen molar-refractivity contribution in [1.29, 1.82) is 0 Å². The second kappa shape index (κ2) is 5.66. The first-order valence-electron chi connectivity index (χ1n) is 6.54. The zero-order chi connectivity index (χ0) is 14.7. The molecule has 0 unspecified atom stereocenters. The van der Waals surface area contributed by atoms with E-state index in [0.29, 0.717) is 0 Å². The second-order valence-corrected chi connectivity index (χ2v) is 4.63. The summed E-state index contributed by atoms with van der Waals surface area (Å²) in [7, 11) is 0. The van der Waals surface area contributed by atoms with Crippen LogP contribution in [0.15, 0.2) is 59.5 Å². The molecule has 0 amide bonds. The Morgan fingerprint density at radius 3 is 2.71 bits per heavy atom. The Morgan fingerprint density at radius 2 is 2.10 bits per heavy atom. The number of aryl methyl sites for hydroxylation is 1. The van der Waals surface area contributed by atoms with Gasteiger partial charge in [0.15, 0.2) is 0 Å². The SMILES string of the molecule is Cc1ccoc1C(=O)OCc1ccc(-n2cccn2)cc1. The van der Waals surface area contributed by atoms with Crippen molar-refractivity contribution in [3.8, 4) is 5.69 Å². The summed E-state index contributed by atoms with van der Waals surface area (Å²) in [5.74, 6) is -0.197. The predicted octanol–water partition coefficient (Wildman–Crippen LogP) is 3.13. The molecule has 0 bridgehead atoms. The summed E-state index contributed by atoms with van der Waals surface area (Å²) in [4.78, 5) is 11.8. The van der Waals surface area contributed by atoms with Crippen LogP contribution in [0.3, 0.4) is 0 Å². The summed E-state index contributed by atoms with van der Waals surface area (Å²) in [6.07, 6.45) is 5.07. The Morgan fingerprint density at radius 1 is 1.29 bits per heavy atom. The van der Waals surface area contributed by atoms with Crippen molar-refractivity contribution < 1.29 is 13.9 Å². The summed E-state index contributed by atoms with van der Waals surface area (Å²) in [6.45, 7) is 2.01. The number of ether oxygens (including phenoxy) is 1. The lowest BCUT2D eigenvalue weighted by atomic mass is 10.2. The smallest absolute Gasteiger partial charge is 0.374 e. The lowest BCUT2D eigenvalue weighted by molar-refractivity contribution is 0.0435. The van der Waals surface area contributed by atoms with Crippen LogP contribution >= 0.6 is 0 Å². The Hall–Kier alpha value is -2.82. The van der Waals surface area contributed by atoms with Crippen LogP contribution in [-0.4, -0.2) is 15.7 Å². The van der Waals surface area contributed by atoms with Crippen molar-refractivity contribution in [3.63, 3.8) is 0 Å². The highest BCUT2D eigenvalue weighted by atomic mass is 16.5. The van der Waals surface area contributed by atoms with E-state index in [1.54, 1.807) is 23.9 Å². The molecule has 0 saturated carbocycles. The highest BCUT2D eigenvalue weighted by molar-refractivity contribution is 5.87. The normalized spacial score (nSPS) is 10.5. The molecule has 0 atom stereocenters. The van der Waals surface area contributed by atoms with E-state index in [4.69, 9.17) is 9.15 Å². The summed E-state index contributed by atoms with van der Waals surface area (Å²) in [5.41, 5.74) is 2.63. The van der Waals surface area contributed by atoms with Gasteiger partial charge in [-0.3, -0.25) is 0 Å².